The Labute approximate surface area is 121 Å². The zero-order valence-electron chi connectivity index (χ0n) is 10.6. The third kappa shape index (κ3) is 2.49. The lowest BCUT2D eigenvalue weighted by molar-refractivity contribution is 0.637. The molecule has 4 nitrogen and oxygen atoms in total. The van der Waals surface area contributed by atoms with E-state index in [1.54, 1.807) is 12.4 Å². The molecule has 1 atom stereocenters. The molecule has 0 radical (unpaired) electrons. The maximum absolute atomic E-state index is 5.91. The lowest BCUT2D eigenvalue weighted by Gasteiger charge is -2.17. The van der Waals surface area contributed by atoms with Crippen LogP contribution in [-0.4, -0.2) is 9.97 Å². The summed E-state index contributed by atoms with van der Waals surface area (Å²) in [4.78, 5) is 8.57. The van der Waals surface area contributed by atoms with Crippen molar-refractivity contribution in [1.82, 2.24) is 15.4 Å². The number of hydrazine groups is 1. The Bertz CT molecular complexity index is 727. The van der Waals surface area contributed by atoms with E-state index in [4.69, 9.17) is 17.4 Å². The standard InChI is InChI=1S/C15H13ClN4/c16-12-4-1-10(2-5-12)15(20-17)11-3-6-13-14(9-11)19-8-7-18-13/h1-9,15,20H,17H2. The van der Waals surface area contributed by atoms with Crippen molar-refractivity contribution in [3.05, 3.63) is 71.0 Å². The number of nitrogens with zero attached hydrogens (tertiary/aromatic N) is 2. The molecule has 0 aliphatic heterocycles. The smallest absolute Gasteiger partial charge is 0.0890 e. The molecule has 3 N–H and O–H groups in total. The molecule has 3 aromatic rings. The largest absolute Gasteiger partial charge is 0.271 e. The number of benzene rings is 2. The van der Waals surface area contributed by atoms with Gasteiger partial charge < -0.3 is 0 Å². The molecule has 0 bridgehead atoms. The summed E-state index contributed by atoms with van der Waals surface area (Å²) in [5, 5.41) is 0.703. The van der Waals surface area contributed by atoms with Crippen LogP contribution in [0.4, 0.5) is 0 Å². The monoisotopic (exact) mass is 284 g/mol. The first-order valence-electron chi connectivity index (χ1n) is 6.20. The number of aromatic nitrogens is 2. The molecule has 0 saturated heterocycles. The van der Waals surface area contributed by atoms with E-state index in [1.807, 2.05) is 42.5 Å². The van der Waals surface area contributed by atoms with Gasteiger partial charge in [-0.2, -0.15) is 0 Å². The second kappa shape index (κ2) is 5.54. The fourth-order valence-corrected chi connectivity index (χ4v) is 2.33. The third-order valence-electron chi connectivity index (χ3n) is 3.20. The summed E-state index contributed by atoms with van der Waals surface area (Å²) in [6.07, 6.45) is 3.36. The fourth-order valence-electron chi connectivity index (χ4n) is 2.20. The van der Waals surface area contributed by atoms with Crippen LogP contribution in [0.5, 0.6) is 0 Å². The minimum absolute atomic E-state index is 0.112. The van der Waals surface area contributed by atoms with Gasteiger partial charge >= 0.3 is 0 Å². The predicted octanol–water partition coefficient (Wildman–Crippen LogP) is 2.84. The minimum Gasteiger partial charge on any atom is -0.271 e. The second-order valence-electron chi connectivity index (χ2n) is 4.46. The molecular weight excluding hydrogens is 272 g/mol. The highest BCUT2D eigenvalue weighted by Crippen LogP contribution is 2.24. The maximum Gasteiger partial charge on any atom is 0.0890 e. The molecule has 0 aliphatic rings. The van der Waals surface area contributed by atoms with Crippen molar-refractivity contribution in [3.8, 4) is 0 Å². The van der Waals surface area contributed by atoms with Crippen molar-refractivity contribution >= 4 is 22.6 Å². The molecule has 0 aliphatic carbocycles. The quantitative estimate of drug-likeness (QED) is 0.573. The predicted molar refractivity (Wildman–Crippen MR) is 80.2 cm³/mol. The number of halogens is 1. The van der Waals surface area contributed by atoms with Crippen molar-refractivity contribution in [3.63, 3.8) is 0 Å². The molecular formula is C15H13ClN4. The summed E-state index contributed by atoms with van der Waals surface area (Å²) < 4.78 is 0. The molecule has 1 aromatic heterocycles. The highest BCUT2D eigenvalue weighted by atomic mass is 35.5. The molecule has 3 rings (SSSR count). The Morgan fingerprint density at radius 1 is 0.900 bits per heavy atom. The Morgan fingerprint density at radius 2 is 1.55 bits per heavy atom. The third-order valence-corrected chi connectivity index (χ3v) is 3.45. The van der Waals surface area contributed by atoms with Gasteiger partial charge in [-0.3, -0.25) is 15.8 Å². The van der Waals surface area contributed by atoms with Crippen LogP contribution in [0.25, 0.3) is 11.0 Å². The first-order valence-corrected chi connectivity index (χ1v) is 6.58. The Hall–Kier alpha value is -2.01. The van der Waals surface area contributed by atoms with Gasteiger partial charge in [0.25, 0.3) is 0 Å². The number of nitrogens with two attached hydrogens (primary N) is 1. The Kier molecular flexibility index (Phi) is 3.60. The average molecular weight is 285 g/mol. The molecule has 2 aromatic carbocycles. The number of nitrogens with one attached hydrogen (secondary N) is 1. The summed E-state index contributed by atoms with van der Waals surface area (Å²) in [6.45, 7) is 0. The highest BCUT2D eigenvalue weighted by molar-refractivity contribution is 6.30. The van der Waals surface area contributed by atoms with E-state index in [0.29, 0.717) is 5.02 Å². The molecule has 0 saturated carbocycles. The lowest BCUT2D eigenvalue weighted by atomic mass is 9.99. The van der Waals surface area contributed by atoms with Crippen LogP contribution in [-0.2, 0) is 0 Å². The first-order chi connectivity index (χ1) is 9.78. The summed E-state index contributed by atoms with van der Waals surface area (Å²) in [6, 6.07) is 13.4. The zero-order chi connectivity index (χ0) is 13.9. The molecule has 1 heterocycles. The van der Waals surface area contributed by atoms with Gasteiger partial charge in [-0.25, -0.2) is 5.43 Å². The highest BCUT2D eigenvalue weighted by Gasteiger charge is 2.13. The second-order valence-corrected chi connectivity index (χ2v) is 4.89. The minimum atomic E-state index is -0.112. The fraction of sp³-hybridized carbons (Fsp3) is 0.0667. The average Bonchev–Trinajstić information content (AvgIpc) is 2.50. The molecule has 0 fully saturated rings. The van der Waals surface area contributed by atoms with Crippen LogP contribution < -0.4 is 11.3 Å². The van der Waals surface area contributed by atoms with E-state index in [9.17, 15) is 0 Å². The lowest BCUT2D eigenvalue weighted by Crippen LogP contribution is -2.28. The summed E-state index contributed by atoms with van der Waals surface area (Å²) in [5.41, 5.74) is 6.61. The van der Waals surface area contributed by atoms with Crippen LogP contribution in [0.15, 0.2) is 54.9 Å². The number of hydrogen-bond acceptors (Lipinski definition) is 4. The topological polar surface area (TPSA) is 63.8 Å². The molecule has 20 heavy (non-hydrogen) atoms. The van der Waals surface area contributed by atoms with Gasteiger partial charge in [-0.15, -0.1) is 0 Å². The van der Waals surface area contributed by atoms with Gasteiger partial charge in [0.05, 0.1) is 17.1 Å². The van der Waals surface area contributed by atoms with Gasteiger partial charge in [0, 0.05) is 17.4 Å². The van der Waals surface area contributed by atoms with Gasteiger partial charge in [0.15, 0.2) is 0 Å². The van der Waals surface area contributed by atoms with Crippen molar-refractivity contribution in [2.24, 2.45) is 5.84 Å². The van der Waals surface area contributed by atoms with Crippen molar-refractivity contribution in [2.45, 2.75) is 6.04 Å². The molecule has 1 unspecified atom stereocenters. The SMILES string of the molecule is NNC(c1ccc(Cl)cc1)c1ccc2nccnc2c1. The first kappa shape index (κ1) is 13.0. The van der Waals surface area contributed by atoms with Crippen LogP contribution in [0.2, 0.25) is 5.02 Å². The van der Waals surface area contributed by atoms with E-state index in [-0.39, 0.29) is 6.04 Å². The number of hydrogen-bond donors (Lipinski definition) is 2. The van der Waals surface area contributed by atoms with E-state index in [1.165, 1.54) is 0 Å². The summed E-state index contributed by atoms with van der Waals surface area (Å²) >= 11 is 5.91. The van der Waals surface area contributed by atoms with E-state index in [0.717, 1.165) is 22.2 Å². The number of fused-ring (bicyclic) bond motifs is 1. The van der Waals surface area contributed by atoms with E-state index >= 15 is 0 Å². The van der Waals surface area contributed by atoms with E-state index in [2.05, 4.69) is 15.4 Å². The van der Waals surface area contributed by atoms with E-state index < -0.39 is 0 Å². The van der Waals surface area contributed by atoms with Crippen LogP contribution in [0, 0.1) is 0 Å². The van der Waals surface area contributed by atoms with Gasteiger partial charge in [0.1, 0.15) is 0 Å². The summed E-state index contributed by atoms with van der Waals surface area (Å²) in [5.74, 6) is 5.70. The number of rotatable bonds is 3. The van der Waals surface area contributed by atoms with Crippen LogP contribution in [0.1, 0.15) is 17.2 Å². The molecule has 0 amide bonds. The van der Waals surface area contributed by atoms with Crippen molar-refractivity contribution in [1.29, 1.82) is 0 Å². The molecule has 100 valence electrons. The Morgan fingerprint density at radius 3 is 2.25 bits per heavy atom. The molecule has 0 spiro atoms. The maximum atomic E-state index is 5.91. The van der Waals surface area contributed by atoms with Gasteiger partial charge in [0.2, 0.25) is 0 Å². The Balaban J connectivity index is 2.04. The van der Waals surface area contributed by atoms with Crippen molar-refractivity contribution in [2.75, 3.05) is 0 Å². The molecule has 5 heteroatoms. The zero-order valence-corrected chi connectivity index (χ0v) is 11.4. The normalized spacial score (nSPS) is 12.5. The summed E-state index contributed by atoms with van der Waals surface area (Å²) in [7, 11) is 0. The van der Waals surface area contributed by atoms with Gasteiger partial charge in [-0.1, -0.05) is 29.8 Å². The van der Waals surface area contributed by atoms with Crippen LogP contribution >= 0.6 is 11.6 Å². The van der Waals surface area contributed by atoms with Gasteiger partial charge in [-0.05, 0) is 35.4 Å². The van der Waals surface area contributed by atoms with Crippen LogP contribution in [0.3, 0.4) is 0 Å². The van der Waals surface area contributed by atoms with Crippen molar-refractivity contribution < 1.29 is 0 Å².